The maximum atomic E-state index is 12.6. The van der Waals surface area contributed by atoms with Gasteiger partial charge in [0.25, 0.3) is 10.0 Å². The summed E-state index contributed by atoms with van der Waals surface area (Å²) in [4.78, 5) is 0.132. The van der Waals surface area contributed by atoms with Gasteiger partial charge in [0.05, 0.1) is 16.0 Å². The summed E-state index contributed by atoms with van der Waals surface area (Å²) in [6.45, 7) is 0.292. The molecule has 6 nitrogen and oxygen atoms in total. The first kappa shape index (κ1) is 17.7. The average Bonchev–Trinajstić information content (AvgIpc) is 3.05. The van der Waals surface area contributed by atoms with E-state index >= 15 is 0 Å². The monoisotopic (exact) mass is 378 g/mol. The van der Waals surface area contributed by atoms with E-state index < -0.39 is 20.0 Å². The van der Waals surface area contributed by atoms with Crippen LogP contribution in [0.3, 0.4) is 0 Å². The zero-order chi connectivity index (χ0) is 18.1. The summed E-state index contributed by atoms with van der Waals surface area (Å²) in [6, 6.07) is 13.6. The summed E-state index contributed by atoms with van der Waals surface area (Å²) in [5.41, 5.74) is 2.02. The van der Waals surface area contributed by atoms with Crippen molar-refractivity contribution in [2.24, 2.45) is 0 Å². The van der Waals surface area contributed by atoms with E-state index in [1.165, 1.54) is 28.9 Å². The number of anilines is 1. The Bertz CT molecular complexity index is 1010. The summed E-state index contributed by atoms with van der Waals surface area (Å²) >= 11 is 0. The second-order valence-corrected chi connectivity index (χ2v) is 9.21. The summed E-state index contributed by atoms with van der Waals surface area (Å²) < 4.78 is 52.6. The molecular weight excluding hydrogens is 360 g/mol. The largest absolute Gasteiger partial charge is 0.266 e. The molecule has 0 radical (unpaired) electrons. The second kappa shape index (κ2) is 6.62. The van der Waals surface area contributed by atoms with Crippen molar-refractivity contribution in [1.29, 1.82) is 0 Å². The minimum absolute atomic E-state index is 0.132. The fourth-order valence-electron chi connectivity index (χ4n) is 2.70. The Hall–Kier alpha value is -2.16. The zero-order valence-electron chi connectivity index (χ0n) is 13.6. The van der Waals surface area contributed by atoms with Gasteiger partial charge in [-0.3, -0.25) is 4.31 Å². The van der Waals surface area contributed by atoms with Gasteiger partial charge in [-0.15, -0.1) is 0 Å². The van der Waals surface area contributed by atoms with Crippen LogP contribution < -0.4 is 9.03 Å². The van der Waals surface area contributed by atoms with Gasteiger partial charge < -0.3 is 0 Å². The zero-order valence-corrected chi connectivity index (χ0v) is 15.2. The lowest BCUT2D eigenvalue weighted by Gasteiger charge is -2.17. The first-order valence-electron chi connectivity index (χ1n) is 7.66. The molecule has 2 aromatic rings. The van der Waals surface area contributed by atoms with Crippen molar-refractivity contribution in [3.63, 3.8) is 0 Å². The summed E-state index contributed by atoms with van der Waals surface area (Å²) in [7, 11) is -5.85. The SMILES string of the molecule is CNS(=O)(=O)c1ccc2c(c1)CCN2S(=O)(=O)C=Cc1ccccc1. The molecule has 132 valence electrons. The Kier molecular flexibility index (Phi) is 4.68. The predicted octanol–water partition coefficient (Wildman–Crippen LogP) is 1.96. The standard InChI is InChI=1S/C17H18N2O4S2/c1-18-25(22,23)16-7-8-17-15(13-16)9-11-19(17)24(20,21)12-10-14-5-3-2-4-6-14/h2-8,10,12-13,18H,9,11H2,1H3. The Morgan fingerprint density at radius 3 is 2.44 bits per heavy atom. The molecular formula is C17H18N2O4S2. The minimum Gasteiger partial charge on any atom is -0.266 e. The van der Waals surface area contributed by atoms with Crippen LogP contribution in [0.4, 0.5) is 5.69 Å². The lowest BCUT2D eigenvalue weighted by Crippen LogP contribution is -2.27. The fourth-order valence-corrected chi connectivity index (χ4v) is 4.75. The lowest BCUT2D eigenvalue weighted by molar-refractivity contribution is 0.588. The quantitative estimate of drug-likeness (QED) is 0.862. The molecule has 8 heteroatoms. The van der Waals surface area contributed by atoms with Crippen molar-refractivity contribution in [3.05, 3.63) is 65.1 Å². The van der Waals surface area contributed by atoms with Gasteiger partial charge in [-0.2, -0.15) is 0 Å². The molecule has 0 amide bonds. The van der Waals surface area contributed by atoms with Crippen LogP contribution in [0.5, 0.6) is 0 Å². The minimum atomic E-state index is -3.64. The van der Waals surface area contributed by atoms with Crippen LogP contribution in [-0.2, 0) is 26.5 Å². The van der Waals surface area contributed by atoms with Gasteiger partial charge in [0, 0.05) is 6.54 Å². The second-order valence-electron chi connectivity index (χ2n) is 5.58. The van der Waals surface area contributed by atoms with Crippen LogP contribution >= 0.6 is 0 Å². The molecule has 3 rings (SSSR count). The van der Waals surface area contributed by atoms with Crippen molar-refractivity contribution < 1.29 is 16.8 Å². The van der Waals surface area contributed by atoms with E-state index in [2.05, 4.69) is 4.72 Å². The maximum absolute atomic E-state index is 12.6. The molecule has 0 atom stereocenters. The van der Waals surface area contributed by atoms with Gasteiger partial charge in [-0.05, 0) is 48.9 Å². The molecule has 1 aliphatic rings. The van der Waals surface area contributed by atoms with Crippen molar-refractivity contribution in [2.75, 3.05) is 17.9 Å². The molecule has 0 saturated heterocycles. The predicted molar refractivity (Wildman–Crippen MR) is 98.1 cm³/mol. The van der Waals surface area contributed by atoms with Gasteiger partial charge in [0.2, 0.25) is 10.0 Å². The van der Waals surface area contributed by atoms with Gasteiger partial charge in [0.1, 0.15) is 0 Å². The highest BCUT2D eigenvalue weighted by molar-refractivity contribution is 7.95. The van der Waals surface area contributed by atoms with Crippen LogP contribution in [0.1, 0.15) is 11.1 Å². The maximum Gasteiger partial charge on any atom is 0.257 e. The summed E-state index contributed by atoms with van der Waals surface area (Å²) in [5.74, 6) is 0. The highest BCUT2D eigenvalue weighted by atomic mass is 32.2. The Morgan fingerprint density at radius 2 is 1.76 bits per heavy atom. The van der Waals surface area contributed by atoms with Crippen LogP contribution in [0.15, 0.2) is 58.8 Å². The van der Waals surface area contributed by atoms with Gasteiger partial charge >= 0.3 is 0 Å². The first-order valence-corrected chi connectivity index (χ1v) is 10.6. The molecule has 25 heavy (non-hydrogen) atoms. The molecule has 2 aromatic carbocycles. The third-order valence-electron chi connectivity index (χ3n) is 4.02. The number of sulfonamides is 2. The van der Waals surface area contributed by atoms with Crippen molar-refractivity contribution in [1.82, 2.24) is 4.72 Å². The third kappa shape index (κ3) is 3.60. The smallest absolute Gasteiger partial charge is 0.257 e. The van der Waals surface area contributed by atoms with Crippen molar-refractivity contribution >= 4 is 31.8 Å². The van der Waals surface area contributed by atoms with Crippen LogP contribution in [0.2, 0.25) is 0 Å². The van der Waals surface area contributed by atoms with Crippen LogP contribution in [-0.4, -0.2) is 30.4 Å². The van der Waals surface area contributed by atoms with Gasteiger partial charge in [-0.25, -0.2) is 21.6 Å². The van der Waals surface area contributed by atoms with E-state index in [1.807, 2.05) is 30.3 Å². The highest BCUT2D eigenvalue weighted by Crippen LogP contribution is 2.32. The Morgan fingerprint density at radius 1 is 1.04 bits per heavy atom. The van der Waals surface area contributed by atoms with Gasteiger partial charge in [0.15, 0.2) is 0 Å². The summed E-state index contributed by atoms with van der Waals surface area (Å²) in [6.07, 6.45) is 2.02. The molecule has 1 N–H and O–H groups in total. The number of fused-ring (bicyclic) bond motifs is 1. The molecule has 1 heterocycles. The average molecular weight is 378 g/mol. The van der Waals surface area contributed by atoms with Crippen molar-refractivity contribution in [3.8, 4) is 0 Å². The molecule has 0 saturated carbocycles. The molecule has 0 bridgehead atoms. The Labute approximate surface area is 147 Å². The molecule has 0 aliphatic carbocycles. The number of benzene rings is 2. The molecule has 1 aliphatic heterocycles. The van der Waals surface area contributed by atoms with E-state index in [-0.39, 0.29) is 4.90 Å². The fraction of sp³-hybridized carbons (Fsp3) is 0.176. The first-order chi connectivity index (χ1) is 11.8. The van der Waals surface area contributed by atoms with E-state index in [4.69, 9.17) is 0 Å². The van der Waals surface area contributed by atoms with E-state index in [0.717, 1.165) is 5.56 Å². The Balaban J connectivity index is 1.91. The molecule has 0 fully saturated rings. The number of hydrogen-bond acceptors (Lipinski definition) is 4. The third-order valence-corrected chi connectivity index (χ3v) is 6.91. The van der Waals surface area contributed by atoms with Crippen LogP contribution in [0.25, 0.3) is 6.08 Å². The van der Waals surface area contributed by atoms with E-state index in [1.54, 1.807) is 12.1 Å². The topological polar surface area (TPSA) is 83.6 Å². The number of rotatable bonds is 5. The number of nitrogens with one attached hydrogen (secondary N) is 1. The van der Waals surface area contributed by atoms with E-state index in [0.29, 0.717) is 24.2 Å². The molecule has 0 aromatic heterocycles. The lowest BCUT2D eigenvalue weighted by atomic mass is 10.2. The highest BCUT2D eigenvalue weighted by Gasteiger charge is 2.28. The molecule has 0 unspecified atom stereocenters. The summed E-state index contributed by atoms with van der Waals surface area (Å²) in [5, 5.41) is 1.18. The molecule has 0 spiro atoms. The van der Waals surface area contributed by atoms with Crippen LogP contribution in [0, 0.1) is 0 Å². The normalized spacial score (nSPS) is 14.8. The number of hydrogen-bond donors (Lipinski definition) is 1. The van der Waals surface area contributed by atoms with Crippen molar-refractivity contribution in [2.45, 2.75) is 11.3 Å². The van der Waals surface area contributed by atoms with E-state index in [9.17, 15) is 16.8 Å². The number of nitrogens with zero attached hydrogens (tertiary/aromatic N) is 1. The van der Waals surface area contributed by atoms with Gasteiger partial charge in [-0.1, -0.05) is 30.3 Å².